The SMILES string of the molecule is Cc1cc2nc3c(=O)[nH]c(=O)nc-3n(CCN3CCC[C@@H]3C(=O)O)c2cc1C.Cc1cc2nc3c(=O)[nH]c(=O)nc-3n(CCNCc3ccc4[nH]ccc4c3)c2cc1C.Cc1cc2nc3c(=O)[nH]c(=O)nc-3n(CCN[C@H]3CC[C@@H](C(=O)O)C3)c2cc1C.Cc1cc2nc3c(=O)[nH]c(=O)nc-3n(CCNc3ccc4n[nH]nc4c3)c2cc1C. The Morgan fingerprint density at radius 1 is 0.441 bits per heavy atom. The minimum Gasteiger partial charge on any atom is -0.481 e. The summed E-state index contributed by atoms with van der Waals surface area (Å²) in [5.41, 5.74) is 14.9. The van der Waals surface area contributed by atoms with Crippen molar-refractivity contribution >= 4 is 83.7 Å². The number of nitrogens with one attached hydrogen (secondary N) is 9. The summed E-state index contributed by atoms with van der Waals surface area (Å²) in [6, 6.07) is 29.4. The summed E-state index contributed by atoms with van der Waals surface area (Å²) >= 11 is 0. The van der Waals surface area contributed by atoms with Crippen molar-refractivity contribution in [3.05, 3.63) is 231 Å². The molecule has 2 fully saturated rings. The Balaban J connectivity index is 0.000000123. The van der Waals surface area contributed by atoms with E-state index in [1.165, 1.54) is 10.9 Å². The summed E-state index contributed by atoms with van der Waals surface area (Å²) in [6.07, 6.45) is 5.50. The number of aromatic amines is 6. The van der Waals surface area contributed by atoms with Gasteiger partial charge in [-0.2, -0.15) is 35.3 Å². The summed E-state index contributed by atoms with van der Waals surface area (Å²) in [4.78, 5) is 167. The van der Waals surface area contributed by atoms with Crippen LogP contribution in [0.5, 0.6) is 0 Å². The molecule has 0 spiro atoms. The highest BCUT2D eigenvalue weighted by atomic mass is 16.4. The first kappa shape index (κ1) is 79.2. The lowest BCUT2D eigenvalue weighted by Gasteiger charge is -2.24. The van der Waals surface area contributed by atoms with E-state index >= 15 is 0 Å². The molecule has 18 rings (SSSR count). The lowest BCUT2D eigenvalue weighted by atomic mass is 10.1. The van der Waals surface area contributed by atoms with Crippen LogP contribution in [0.25, 0.3) is 112 Å². The highest BCUT2D eigenvalue weighted by molar-refractivity contribution is 5.85. The summed E-state index contributed by atoms with van der Waals surface area (Å²) in [5.74, 6) is -0.812. The molecule has 11 heterocycles. The molecule has 36 nitrogen and oxygen atoms in total. The second-order valence-corrected chi connectivity index (χ2v) is 30.0. The fourth-order valence-electron chi connectivity index (χ4n) is 15.4. The molecular formula is C82H84N24O12. The van der Waals surface area contributed by atoms with Crippen molar-refractivity contribution in [2.24, 2.45) is 5.92 Å². The van der Waals surface area contributed by atoms with Gasteiger partial charge in [-0.05, 0) is 234 Å². The Hall–Kier alpha value is -14.0. The number of likely N-dealkylation sites (tertiary alicyclic amines) is 1. The lowest BCUT2D eigenvalue weighted by Crippen LogP contribution is -2.38. The van der Waals surface area contributed by atoms with Gasteiger partial charge in [0.15, 0.2) is 46.1 Å². The second-order valence-electron chi connectivity index (χ2n) is 30.0. The van der Waals surface area contributed by atoms with Crippen LogP contribution in [0.3, 0.4) is 0 Å². The van der Waals surface area contributed by atoms with Gasteiger partial charge in [0.1, 0.15) is 17.1 Å². The fourth-order valence-corrected chi connectivity index (χ4v) is 15.4. The quantitative estimate of drug-likeness (QED) is 0.0354. The maximum Gasteiger partial charge on any atom is 0.349 e. The number of aryl methyl sites for hydroxylation is 8. The molecule has 1 saturated heterocycles. The number of carboxylic acid groups (broad SMARTS) is 2. The molecular weight excluding hydrogens is 1510 g/mol. The molecule has 2 aromatic heterocycles. The third-order valence-corrected chi connectivity index (χ3v) is 22.1. The molecule has 604 valence electrons. The van der Waals surface area contributed by atoms with Crippen LogP contribution in [0.2, 0.25) is 0 Å². The van der Waals surface area contributed by atoms with Crippen molar-refractivity contribution in [3.63, 3.8) is 0 Å². The maximum atomic E-state index is 12.4. The van der Waals surface area contributed by atoms with Gasteiger partial charge in [-0.25, -0.2) is 39.1 Å². The molecule has 6 aromatic carbocycles. The molecule has 0 bridgehead atoms. The van der Waals surface area contributed by atoms with Gasteiger partial charge in [-0.1, -0.05) is 6.07 Å². The number of aliphatic carboxylic acids is 2. The predicted molar refractivity (Wildman–Crippen MR) is 443 cm³/mol. The van der Waals surface area contributed by atoms with E-state index in [2.05, 4.69) is 120 Å². The Morgan fingerprint density at radius 3 is 1.34 bits per heavy atom. The number of rotatable bonds is 18. The van der Waals surface area contributed by atoms with Gasteiger partial charge in [0.05, 0.1) is 50.1 Å². The molecule has 36 heteroatoms. The molecule has 1 saturated carbocycles. The number of fused-ring (bicyclic) bond motifs is 10. The molecule has 3 atom stereocenters. The van der Waals surface area contributed by atoms with E-state index in [0.29, 0.717) is 113 Å². The van der Waals surface area contributed by atoms with E-state index in [0.717, 1.165) is 102 Å². The van der Waals surface area contributed by atoms with E-state index in [4.69, 9.17) is 5.11 Å². The summed E-state index contributed by atoms with van der Waals surface area (Å²) in [7, 11) is 0. The molecule has 1 aliphatic carbocycles. The average molecular weight is 1600 g/mol. The molecule has 0 radical (unpaired) electrons. The first-order valence-corrected chi connectivity index (χ1v) is 38.6. The van der Waals surface area contributed by atoms with Crippen LogP contribution in [0.1, 0.15) is 82.2 Å². The molecule has 8 aromatic rings. The van der Waals surface area contributed by atoms with Crippen molar-refractivity contribution < 1.29 is 19.8 Å². The van der Waals surface area contributed by atoms with Gasteiger partial charge in [0.2, 0.25) is 0 Å². The van der Waals surface area contributed by atoms with Crippen LogP contribution in [0.4, 0.5) is 5.69 Å². The maximum absolute atomic E-state index is 12.4. The van der Waals surface area contributed by atoms with E-state index in [1.54, 1.807) is 4.57 Å². The second kappa shape index (κ2) is 33.1. The first-order valence-electron chi connectivity index (χ1n) is 38.6. The molecule has 0 amide bonds. The van der Waals surface area contributed by atoms with E-state index in [1.807, 2.05) is 147 Å². The zero-order valence-electron chi connectivity index (χ0n) is 65.8. The van der Waals surface area contributed by atoms with Gasteiger partial charge in [0.25, 0.3) is 22.2 Å². The van der Waals surface area contributed by atoms with Crippen molar-refractivity contribution in [1.29, 1.82) is 0 Å². The minimum absolute atomic E-state index is 0.103. The summed E-state index contributed by atoms with van der Waals surface area (Å²) in [5, 5.41) is 40.7. The molecule has 11 N–H and O–H groups in total. The highest BCUT2D eigenvalue weighted by Gasteiger charge is 2.32. The number of hydrogen-bond acceptors (Lipinski definition) is 24. The summed E-state index contributed by atoms with van der Waals surface area (Å²) in [6.45, 7) is 21.5. The van der Waals surface area contributed by atoms with E-state index in [9.17, 15) is 53.1 Å². The van der Waals surface area contributed by atoms with Crippen LogP contribution < -0.4 is 60.9 Å². The zero-order valence-corrected chi connectivity index (χ0v) is 65.8. The monoisotopic (exact) mass is 1600 g/mol. The Labute approximate surface area is 667 Å². The van der Waals surface area contributed by atoms with Crippen molar-refractivity contribution in [2.75, 3.05) is 38.0 Å². The minimum atomic E-state index is -0.824. The van der Waals surface area contributed by atoms with Crippen LogP contribution >= 0.6 is 0 Å². The molecule has 9 aliphatic heterocycles. The van der Waals surface area contributed by atoms with Gasteiger partial charge in [0, 0.05) is 82.3 Å². The van der Waals surface area contributed by atoms with Crippen molar-refractivity contribution in [1.82, 2.24) is 114 Å². The highest BCUT2D eigenvalue weighted by Crippen LogP contribution is 2.31. The van der Waals surface area contributed by atoms with Crippen LogP contribution in [0, 0.1) is 61.3 Å². The molecule has 0 unspecified atom stereocenters. The number of anilines is 1. The zero-order chi connectivity index (χ0) is 83.1. The van der Waals surface area contributed by atoms with Crippen LogP contribution in [0.15, 0.2) is 136 Å². The smallest absolute Gasteiger partial charge is 0.349 e. The van der Waals surface area contributed by atoms with Crippen LogP contribution in [-0.2, 0) is 42.3 Å². The van der Waals surface area contributed by atoms with E-state index < -0.39 is 63.0 Å². The average Bonchev–Trinajstić information content (AvgIpc) is 0.875. The standard InChI is InChI=1S/C23H22N6O2.C20H18N8O2.C20H23N5O4.C19H21N5O4/c1-13-9-18-19(10-14(13)2)29(21-20(26-18)22(30)28-23(31)27-21)8-7-24-12-15-3-4-17-16(11-15)5-6-25-17;1-10-7-15-16(8-11(10)2)28(18-17(22-15)19(29)24-20(30)23-18)6-5-21-12-3-4-13-14(9-12)26-27-25-13;1-10-7-14-15(8-11(10)2)25(17-16(22-14)18(26)24-20(29)23-17)6-5-21-13-4-3-12(9-13)19(27)28;1-10-8-12-14(9-11(10)2)24(7-6-23-5-3-4-13(23)18(26)27)16-15(20-12)17(25)22-19(28)21-16/h3-6,9-11,24-25H,7-8,12H2,1-2H3,(H,28,30,31);3-4,7-9,21H,5-6H2,1-2H3,(H,24,29,30)(H,25,26,27);7-8,12-13,21H,3-6,9H2,1-2H3,(H,27,28)(H,24,26,29);8-9,13H,3-7H2,1-2H3,(H,26,27)(H,22,25,28)/t;;12-,13+;13-/m..11/s1. The number of benzene rings is 6. The van der Waals surface area contributed by atoms with Crippen molar-refractivity contribution in [3.8, 4) is 46.1 Å². The van der Waals surface area contributed by atoms with Gasteiger partial charge in [-0.15, -0.1) is 0 Å². The molecule has 10 aliphatic rings. The van der Waals surface area contributed by atoms with E-state index in [-0.39, 0.29) is 52.2 Å². The largest absolute Gasteiger partial charge is 0.481 e. The van der Waals surface area contributed by atoms with Crippen molar-refractivity contribution in [2.45, 2.75) is 132 Å². The third-order valence-electron chi connectivity index (χ3n) is 22.1. The Morgan fingerprint density at radius 2 is 0.881 bits per heavy atom. The van der Waals surface area contributed by atoms with Gasteiger partial charge in [-0.3, -0.25) is 53.6 Å². The van der Waals surface area contributed by atoms with Gasteiger partial charge >= 0.3 is 34.7 Å². The number of carboxylic acids is 2. The summed E-state index contributed by atoms with van der Waals surface area (Å²) < 4.78 is 7.42. The third kappa shape index (κ3) is 16.5. The Kier molecular flexibility index (Phi) is 22.2. The number of hydrogen-bond donors (Lipinski definition) is 11. The number of nitrogens with zero attached hydrogens (tertiary/aromatic N) is 15. The van der Waals surface area contributed by atoms with Gasteiger partial charge < -0.3 is 49.4 Å². The Bertz CT molecular complexity index is 7010. The molecule has 118 heavy (non-hydrogen) atoms. The lowest BCUT2D eigenvalue weighted by molar-refractivity contribution is -0.142. The number of carbonyl (C=O) groups is 2. The number of H-pyrrole nitrogens is 6. The fraction of sp³-hybridized carbons (Fsp3) is 0.317. The predicted octanol–water partition coefficient (Wildman–Crippen LogP) is 5.85. The first-order chi connectivity index (χ1) is 56.7. The normalized spacial score (nSPS) is 14.9. The topological polar surface area (TPSA) is 494 Å². The van der Waals surface area contributed by atoms with Crippen LogP contribution in [-0.4, -0.2) is 170 Å². The number of aromatic nitrogens is 20.